The number of carboxylic acids is 1. The fourth-order valence-corrected chi connectivity index (χ4v) is 2.47. The van der Waals surface area contributed by atoms with Crippen LogP contribution in [0.1, 0.15) is 26.7 Å². The predicted octanol–water partition coefficient (Wildman–Crippen LogP) is 1.09. The molecule has 0 amide bonds. The molecule has 1 aromatic rings. The van der Waals surface area contributed by atoms with E-state index in [1.165, 1.54) is 24.0 Å². The third-order valence-electron chi connectivity index (χ3n) is 2.75. The summed E-state index contributed by atoms with van der Waals surface area (Å²) < 4.78 is 0. The lowest BCUT2D eigenvalue weighted by atomic mass is 9.96. The van der Waals surface area contributed by atoms with E-state index >= 15 is 0 Å². The van der Waals surface area contributed by atoms with Gasteiger partial charge in [0.05, 0.1) is 0 Å². The van der Waals surface area contributed by atoms with E-state index in [4.69, 9.17) is 0 Å². The fourth-order valence-electron chi connectivity index (χ4n) is 1.68. The van der Waals surface area contributed by atoms with Crippen molar-refractivity contribution >= 4 is 17.7 Å². The zero-order valence-corrected chi connectivity index (χ0v) is 11.9. The molecule has 0 aromatic carbocycles. The minimum Gasteiger partial charge on any atom is -0.480 e. The van der Waals surface area contributed by atoms with Gasteiger partial charge in [-0.15, -0.1) is 0 Å². The molecule has 19 heavy (non-hydrogen) atoms. The minimum absolute atomic E-state index is 0.180. The van der Waals surface area contributed by atoms with Gasteiger partial charge in [-0.3, -0.25) is 9.59 Å². The van der Waals surface area contributed by atoms with Gasteiger partial charge in [-0.25, -0.2) is 4.98 Å². The number of nitrogens with zero attached hydrogens (tertiary/aromatic N) is 1. The summed E-state index contributed by atoms with van der Waals surface area (Å²) in [6, 6.07) is 1.36. The monoisotopic (exact) mass is 285 g/mol. The Morgan fingerprint density at radius 2 is 2.37 bits per heavy atom. The Morgan fingerprint density at radius 1 is 1.63 bits per heavy atom. The van der Waals surface area contributed by atoms with Crippen molar-refractivity contribution in [2.45, 2.75) is 37.4 Å². The second-order valence-electron chi connectivity index (χ2n) is 4.36. The number of hydrogen-bond donors (Lipinski definition) is 3. The molecule has 3 N–H and O–H groups in total. The summed E-state index contributed by atoms with van der Waals surface area (Å²) in [7, 11) is 0. The third kappa shape index (κ3) is 5.04. The van der Waals surface area contributed by atoms with Gasteiger partial charge >= 0.3 is 5.97 Å². The summed E-state index contributed by atoms with van der Waals surface area (Å²) in [4.78, 5) is 28.9. The van der Waals surface area contributed by atoms with Crippen LogP contribution in [-0.2, 0) is 4.79 Å². The van der Waals surface area contributed by atoms with E-state index in [2.05, 4.69) is 15.3 Å². The number of aliphatic carboxylic acids is 1. The molecule has 0 spiro atoms. The molecule has 0 aliphatic heterocycles. The van der Waals surface area contributed by atoms with E-state index in [-0.39, 0.29) is 5.56 Å². The van der Waals surface area contributed by atoms with Crippen LogP contribution in [0.25, 0.3) is 0 Å². The third-order valence-corrected chi connectivity index (χ3v) is 3.72. The van der Waals surface area contributed by atoms with Crippen molar-refractivity contribution in [1.29, 1.82) is 0 Å². The largest absolute Gasteiger partial charge is 0.480 e. The second kappa shape index (κ2) is 7.30. The second-order valence-corrected chi connectivity index (χ2v) is 5.44. The number of aromatic nitrogens is 2. The molecule has 1 atom stereocenters. The molecule has 6 nitrogen and oxygen atoms in total. The standard InChI is InChI=1S/C12H19N3O3S/c1-3-14-12(2,10(17)18)6-4-8-19-11-13-7-5-9(16)15-11/h5,7,14H,3-4,6,8H2,1-2H3,(H,17,18)(H,13,15,16). The summed E-state index contributed by atoms with van der Waals surface area (Å²) in [5.74, 6) is -0.133. The molecule has 1 heterocycles. The van der Waals surface area contributed by atoms with Gasteiger partial charge in [0, 0.05) is 18.0 Å². The maximum absolute atomic E-state index is 11.2. The van der Waals surface area contributed by atoms with Crippen LogP contribution in [0.2, 0.25) is 0 Å². The molecule has 7 heteroatoms. The van der Waals surface area contributed by atoms with Crippen LogP contribution in [0.5, 0.6) is 0 Å². The van der Waals surface area contributed by atoms with Gasteiger partial charge in [-0.05, 0) is 26.3 Å². The summed E-state index contributed by atoms with van der Waals surface area (Å²) >= 11 is 1.42. The molecule has 1 rings (SSSR count). The molecular weight excluding hydrogens is 266 g/mol. The van der Waals surface area contributed by atoms with Gasteiger partial charge in [-0.1, -0.05) is 18.7 Å². The van der Waals surface area contributed by atoms with E-state index < -0.39 is 11.5 Å². The first-order valence-electron chi connectivity index (χ1n) is 6.14. The topological polar surface area (TPSA) is 95.1 Å². The number of nitrogens with one attached hydrogen (secondary N) is 2. The number of carboxylic acid groups (broad SMARTS) is 1. The highest BCUT2D eigenvalue weighted by molar-refractivity contribution is 7.99. The summed E-state index contributed by atoms with van der Waals surface area (Å²) in [6.07, 6.45) is 2.71. The van der Waals surface area contributed by atoms with Crippen LogP contribution >= 0.6 is 11.8 Å². The zero-order valence-electron chi connectivity index (χ0n) is 11.1. The zero-order chi connectivity index (χ0) is 14.3. The molecular formula is C12H19N3O3S. The minimum atomic E-state index is -0.896. The number of carbonyl (C=O) groups is 1. The van der Waals surface area contributed by atoms with Crippen LogP contribution in [0, 0.1) is 0 Å². The maximum atomic E-state index is 11.2. The fraction of sp³-hybridized carbons (Fsp3) is 0.583. The first kappa shape index (κ1) is 15.7. The lowest BCUT2D eigenvalue weighted by molar-refractivity contribution is -0.144. The Hall–Kier alpha value is -1.34. The maximum Gasteiger partial charge on any atom is 0.323 e. The Bertz CT molecular complexity index is 477. The number of aromatic amines is 1. The van der Waals surface area contributed by atoms with Crippen LogP contribution in [0.4, 0.5) is 0 Å². The predicted molar refractivity (Wildman–Crippen MR) is 74.5 cm³/mol. The van der Waals surface area contributed by atoms with Gasteiger partial charge in [-0.2, -0.15) is 0 Å². The van der Waals surface area contributed by atoms with Gasteiger partial charge in [0.1, 0.15) is 5.54 Å². The number of hydrogen-bond acceptors (Lipinski definition) is 5. The smallest absolute Gasteiger partial charge is 0.323 e. The molecule has 0 aliphatic carbocycles. The number of likely N-dealkylation sites (N-methyl/N-ethyl adjacent to an activating group) is 1. The van der Waals surface area contributed by atoms with Crippen molar-refractivity contribution in [3.63, 3.8) is 0 Å². The van der Waals surface area contributed by atoms with Crippen LogP contribution in [0.15, 0.2) is 22.2 Å². The summed E-state index contributed by atoms with van der Waals surface area (Å²) in [6.45, 7) is 4.18. The Morgan fingerprint density at radius 3 is 2.95 bits per heavy atom. The number of thioether (sulfide) groups is 1. The normalized spacial score (nSPS) is 14.0. The molecule has 0 radical (unpaired) electrons. The Labute approximate surface area is 116 Å². The van der Waals surface area contributed by atoms with Crippen LogP contribution < -0.4 is 10.9 Å². The summed E-state index contributed by atoms with van der Waals surface area (Å²) in [5.41, 5.74) is -1.08. The average molecular weight is 285 g/mol. The number of H-pyrrole nitrogens is 1. The van der Waals surface area contributed by atoms with E-state index in [1.807, 2.05) is 6.92 Å². The van der Waals surface area contributed by atoms with Crippen molar-refractivity contribution in [3.8, 4) is 0 Å². The number of rotatable bonds is 8. The average Bonchev–Trinajstić information content (AvgIpc) is 2.35. The Kier molecular flexibility index (Phi) is 6.04. The van der Waals surface area contributed by atoms with Crippen molar-refractivity contribution in [3.05, 3.63) is 22.6 Å². The van der Waals surface area contributed by atoms with Gasteiger partial charge in [0.25, 0.3) is 5.56 Å². The van der Waals surface area contributed by atoms with Crippen molar-refractivity contribution in [2.75, 3.05) is 12.3 Å². The van der Waals surface area contributed by atoms with Gasteiger partial charge in [0.15, 0.2) is 5.16 Å². The Balaban J connectivity index is 2.41. The quantitative estimate of drug-likeness (QED) is 0.376. The SMILES string of the molecule is CCNC(C)(CCCSc1nccc(=O)[nH]1)C(=O)O. The molecule has 0 aliphatic rings. The lowest BCUT2D eigenvalue weighted by Gasteiger charge is -2.25. The molecule has 1 aromatic heterocycles. The first-order valence-corrected chi connectivity index (χ1v) is 7.13. The van der Waals surface area contributed by atoms with Crippen LogP contribution in [-0.4, -0.2) is 38.9 Å². The van der Waals surface area contributed by atoms with E-state index in [0.717, 1.165) is 6.42 Å². The van der Waals surface area contributed by atoms with Crippen LogP contribution in [0.3, 0.4) is 0 Å². The van der Waals surface area contributed by atoms with Gasteiger partial charge in [0.2, 0.25) is 0 Å². The summed E-state index contributed by atoms with van der Waals surface area (Å²) in [5, 5.41) is 12.7. The highest BCUT2D eigenvalue weighted by atomic mass is 32.2. The molecule has 1 unspecified atom stereocenters. The molecule has 0 fully saturated rings. The highest BCUT2D eigenvalue weighted by Crippen LogP contribution is 2.18. The van der Waals surface area contributed by atoms with Crippen molar-refractivity contribution < 1.29 is 9.90 Å². The van der Waals surface area contributed by atoms with E-state index in [9.17, 15) is 14.7 Å². The molecule has 0 bridgehead atoms. The molecule has 0 saturated carbocycles. The lowest BCUT2D eigenvalue weighted by Crippen LogP contribution is -2.49. The van der Waals surface area contributed by atoms with E-state index in [0.29, 0.717) is 23.9 Å². The van der Waals surface area contributed by atoms with Gasteiger partial charge < -0.3 is 15.4 Å². The van der Waals surface area contributed by atoms with Crippen molar-refractivity contribution in [1.82, 2.24) is 15.3 Å². The van der Waals surface area contributed by atoms with Crippen molar-refractivity contribution in [2.24, 2.45) is 0 Å². The first-order chi connectivity index (χ1) is 8.98. The highest BCUT2D eigenvalue weighted by Gasteiger charge is 2.31. The molecule has 106 valence electrons. The van der Waals surface area contributed by atoms with E-state index in [1.54, 1.807) is 6.92 Å². The molecule has 0 saturated heterocycles.